The van der Waals surface area contributed by atoms with Gasteiger partial charge >= 0.3 is 0 Å². The third kappa shape index (κ3) is 3.57. The van der Waals surface area contributed by atoms with E-state index in [1.807, 2.05) is 13.8 Å². The van der Waals surface area contributed by atoms with Crippen molar-refractivity contribution in [2.24, 2.45) is 34.5 Å². The van der Waals surface area contributed by atoms with Gasteiger partial charge in [0.05, 0.1) is 35.6 Å². The predicted octanol–water partition coefficient (Wildman–Crippen LogP) is 1.71. The first-order valence-electron chi connectivity index (χ1n) is 13.0. The second kappa shape index (κ2) is 8.35. The third-order valence-corrected chi connectivity index (χ3v) is 10.5. The first-order chi connectivity index (χ1) is 15.6. The van der Waals surface area contributed by atoms with E-state index in [2.05, 4.69) is 13.8 Å². The van der Waals surface area contributed by atoms with Crippen LogP contribution in [-0.4, -0.2) is 72.0 Å². The van der Waals surface area contributed by atoms with Crippen LogP contribution in [0.25, 0.3) is 0 Å². The van der Waals surface area contributed by atoms with Gasteiger partial charge in [0.2, 0.25) is 0 Å². The summed E-state index contributed by atoms with van der Waals surface area (Å²) in [5.74, 6) is -1.32. The van der Waals surface area contributed by atoms with Crippen LogP contribution >= 0.6 is 0 Å². The molecule has 7 nitrogen and oxygen atoms in total. The molecule has 0 aromatic carbocycles. The quantitative estimate of drug-likeness (QED) is 0.352. The van der Waals surface area contributed by atoms with E-state index in [1.165, 1.54) is 6.08 Å². The molecule has 0 radical (unpaired) electrons. The highest BCUT2D eigenvalue weighted by Crippen LogP contribution is 2.68. The maximum absolute atomic E-state index is 13.3. The van der Waals surface area contributed by atoms with Crippen molar-refractivity contribution in [2.45, 2.75) is 115 Å². The van der Waals surface area contributed by atoms with Crippen molar-refractivity contribution < 1.29 is 35.4 Å². The van der Waals surface area contributed by atoms with Gasteiger partial charge in [-0.15, -0.1) is 0 Å². The molecule has 3 saturated carbocycles. The van der Waals surface area contributed by atoms with Gasteiger partial charge in [-0.25, -0.2) is 0 Å². The average molecular weight is 481 g/mol. The highest BCUT2D eigenvalue weighted by molar-refractivity contribution is 5.95. The smallest absolute Gasteiger partial charge is 0.159 e. The summed E-state index contributed by atoms with van der Waals surface area (Å²) < 4.78 is 0. The fraction of sp³-hybridized carbons (Fsp3) is 0.889. The summed E-state index contributed by atoms with van der Waals surface area (Å²) in [5.41, 5.74) is -4.09. The van der Waals surface area contributed by atoms with Crippen LogP contribution in [0.2, 0.25) is 0 Å². The van der Waals surface area contributed by atoms with Crippen LogP contribution in [0, 0.1) is 34.5 Å². The largest absolute Gasteiger partial charge is 0.392 e. The maximum Gasteiger partial charge on any atom is 0.159 e. The fourth-order valence-electron chi connectivity index (χ4n) is 8.44. The lowest BCUT2D eigenvalue weighted by Gasteiger charge is -2.62. The number of carbonyl (C=O) groups is 1. The number of ketones is 1. The van der Waals surface area contributed by atoms with Crippen molar-refractivity contribution in [3.63, 3.8) is 0 Å². The zero-order valence-corrected chi connectivity index (χ0v) is 21.2. The van der Waals surface area contributed by atoms with E-state index in [-0.39, 0.29) is 25.0 Å². The number of aliphatic hydroxyl groups is 6. The summed E-state index contributed by atoms with van der Waals surface area (Å²) in [7, 11) is 0. The molecule has 0 aliphatic heterocycles. The lowest BCUT2D eigenvalue weighted by molar-refractivity contribution is -0.196. The van der Waals surface area contributed by atoms with Gasteiger partial charge in [-0.05, 0) is 80.8 Å². The number of allylic oxidation sites excluding steroid dienone is 1. The van der Waals surface area contributed by atoms with Crippen molar-refractivity contribution in [3.8, 4) is 0 Å². The van der Waals surface area contributed by atoms with Gasteiger partial charge in [-0.2, -0.15) is 0 Å². The first-order valence-corrected chi connectivity index (χ1v) is 13.0. The van der Waals surface area contributed by atoms with Crippen LogP contribution in [0.15, 0.2) is 11.6 Å². The van der Waals surface area contributed by atoms with E-state index < -0.39 is 64.2 Å². The number of hydrogen-bond donors (Lipinski definition) is 6. The molecule has 0 amide bonds. The molecule has 0 spiro atoms. The standard InChI is InChI=1S/C27H44O7/c1-14(2)6-7-22(32)26(5,33)21-8-9-27(34)16-11-17(28)15-10-18(29)19(30)12-24(15,3)23(16)20(31)13-25(21,27)4/h11,14-15,18-23,29-34H,6-10,12-13H2,1-5H3/t15-,18-,19-,20+,21+,22-,23+,24-,25-,26+,27+/m0/s1. The molecule has 194 valence electrons. The topological polar surface area (TPSA) is 138 Å². The highest BCUT2D eigenvalue weighted by Gasteiger charge is 2.71. The number of aliphatic hydroxyl groups excluding tert-OH is 4. The van der Waals surface area contributed by atoms with Gasteiger partial charge in [0.25, 0.3) is 0 Å². The molecule has 4 aliphatic carbocycles. The van der Waals surface area contributed by atoms with Gasteiger partial charge in [0.1, 0.15) is 0 Å². The molecule has 4 rings (SSSR count). The minimum Gasteiger partial charge on any atom is -0.392 e. The Kier molecular flexibility index (Phi) is 6.45. The number of rotatable bonds is 5. The SMILES string of the molecule is CC(C)CC[C@H](O)[C@](C)(O)[C@@H]1CC[C@@]2(O)C3=CC(=O)[C@@H]4C[C@H](O)[C@@H](O)C[C@]4(C)[C@H]3[C@H](O)C[C@@]12C. The minimum atomic E-state index is -1.46. The molecule has 3 fully saturated rings. The number of carbonyl (C=O) groups excluding carboxylic acids is 1. The lowest BCUT2D eigenvalue weighted by Crippen LogP contribution is -2.66. The summed E-state index contributed by atoms with van der Waals surface area (Å²) in [6, 6.07) is 0. The molecular weight excluding hydrogens is 436 g/mol. The Labute approximate surface area is 202 Å². The van der Waals surface area contributed by atoms with E-state index >= 15 is 0 Å². The van der Waals surface area contributed by atoms with Crippen LogP contribution in [0.1, 0.15) is 79.6 Å². The molecule has 6 N–H and O–H groups in total. The minimum absolute atomic E-state index is 0.137. The van der Waals surface area contributed by atoms with Crippen molar-refractivity contribution in [2.75, 3.05) is 0 Å². The molecule has 7 heteroatoms. The van der Waals surface area contributed by atoms with Gasteiger partial charge in [-0.1, -0.05) is 27.7 Å². The van der Waals surface area contributed by atoms with Crippen LogP contribution in [0.5, 0.6) is 0 Å². The fourth-order valence-corrected chi connectivity index (χ4v) is 8.44. The average Bonchev–Trinajstić information content (AvgIpc) is 2.99. The van der Waals surface area contributed by atoms with Gasteiger partial charge in [-0.3, -0.25) is 4.79 Å². The number of hydrogen-bond acceptors (Lipinski definition) is 7. The van der Waals surface area contributed by atoms with E-state index in [0.717, 1.165) is 6.42 Å². The summed E-state index contributed by atoms with van der Waals surface area (Å²) in [6.45, 7) is 9.52. The van der Waals surface area contributed by atoms with Gasteiger partial charge < -0.3 is 30.6 Å². The molecule has 11 atom stereocenters. The van der Waals surface area contributed by atoms with Crippen LogP contribution in [0.4, 0.5) is 0 Å². The van der Waals surface area contributed by atoms with Crippen molar-refractivity contribution in [1.82, 2.24) is 0 Å². The molecule has 0 unspecified atom stereocenters. The molecule has 0 bridgehead atoms. The Morgan fingerprint density at radius 1 is 1.09 bits per heavy atom. The Morgan fingerprint density at radius 3 is 2.35 bits per heavy atom. The Balaban J connectivity index is 1.73. The molecule has 0 saturated heterocycles. The second-order valence-electron chi connectivity index (χ2n) is 13.0. The van der Waals surface area contributed by atoms with Crippen molar-refractivity contribution >= 4 is 5.78 Å². The van der Waals surface area contributed by atoms with E-state index in [0.29, 0.717) is 30.8 Å². The lowest BCUT2D eigenvalue weighted by atomic mass is 9.45. The summed E-state index contributed by atoms with van der Waals surface area (Å²) in [6.07, 6.45) is 0.195. The molecule has 0 heterocycles. The second-order valence-corrected chi connectivity index (χ2v) is 13.0. The molecule has 34 heavy (non-hydrogen) atoms. The van der Waals surface area contributed by atoms with E-state index in [9.17, 15) is 35.4 Å². The zero-order valence-electron chi connectivity index (χ0n) is 21.2. The molecule has 0 aromatic heterocycles. The highest BCUT2D eigenvalue weighted by atomic mass is 16.3. The normalized spacial score (nSPS) is 49.1. The van der Waals surface area contributed by atoms with E-state index in [1.54, 1.807) is 6.92 Å². The Bertz CT molecular complexity index is 852. The van der Waals surface area contributed by atoms with Gasteiger partial charge in [0, 0.05) is 17.3 Å². The monoisotopic (exact) mass is 480 g/mol. The first kappa shape index (κ1) is 26.2. The van der Waals surface area contributed by atoms with Crippen LogP contribution < -0.4 is 0 Å². The zero-order chi connectivity index (χ0) is 25.4. The Hall–Kier alpha value is -0.830. The number of fused-ring (bicyclic) bond motifs is 5. The van der Waals surface area contributed by atoms with Crippen molar-refractivity contribution in [3.05, 3.63) is 11.6 Å². The predicted molar refractivity (Wildman–Crippen MR) is 127 cm³/mol. The van der Waals surface area contributed by atoms with Crippen LogP contribution in [-0.2, 0) is 4.79 Å². The van der Waals surface area contributed by atoms with E-state index in [4.69, 9.17) is 0 Å². The molecular formula is C27H44O7. The molecule has 4 aliphatic rings. The maximum atomic E-state index is 13.3. The Morgan fingerprint density at radius 2 is 1.74 bits per heavy atom. The summed E-state index contributed by atoms with van der Waals surface area (Å²) >= 11 is 0. The molecule has 0 aromatic rings. The van der Waals surface area contributed by atoms with Crippen LogP contribution in [0.3, 0.4) is 0 Å². The third-order valence-electron chi connectivity index (χ3n) is 10.5. The van der Waals surface area contributed by atoms with Crippen molar-refractivity contribution in [1.29, 1.82) is 0 Å². The summed E-state index contributed by atoms with van der Waals surface area (Å²) in [4.78, 5) is 13.3. The van der Waals surface area contributed by atoms with Gasteiger partial charge in [0.15, 0.2) is 5.78 Å². The summed E-state index contributed by atoms with van der Waals surface area (Å²) in [5, 5.41) is 66.9.